The highest BCUT2D eigenvalue weighted by atomic mass is 35.5. The number of halogens is 2. The molecule has 5 heteroatoms. The maximum Gasteiger partial charge on any atom is 0.259 e. The van der Waals surface area contributed by atoms with Crippen molar-refractivity contribution in [2.24, 2.45) is 0 Å². The summed E-state index contributed by atoms with van der Waals surface area (Å²) in [5, 5.41) is 1.63. The summed E-state index contributed by atoms with van der Waals surface area (Å²) in [7, 11) is 0. The Labute approximate surface area is 137 Å². The van der Waals surface area contributed by atoms with Gasteiger partial charge in [-0.25, -0.2) is 9.37 Å². The molecule has 0 unspecified atom stereocenters. The van der Waals surface area contributed by atoms with Crippen LogP contribution in [0, 0.1) is 5.82 Å². The predicted octanol–water partition coefficient (Wildman–Crippen LogP) is 4.23. The summed E-state index contributed by atoms with van der Waals surface area (Å²) in [5.74, 6) is 0.156. The Morgan fingerprint density at radius 1 is 1.13 bits per heavy atom. The average molecular weight is 327 g/mol. The molecule has 1 aromatic heterocycles. The lowest BCUT2D eigenvalue weighted by molar-refractivity contribution is 0.0988. The highest BCUT2D eigenvalue weighted by Crippen LogP contribution is 2.31. The Hall–Kier alpha value is -2.46. The minimum atomic E-state index is -0.357. The van der Waals surface area contributed by atoms with Gasteiger partial charge >= 0.3 is 0 Å². The van der Waals surface area contributed by atoms with Gasteiger partial charge in [0.2, 0.25) is 0 Å². The summed E-state index contributed by atoms with van der Waals surface area (Å²) in [4.78, 5) is 18.9. The third-order valence-corrected chi connectivity index (χ3v) is 4.26. The van der Waals surface area contributed by atoms with Gasteiger partial charge in [-0.15, -0.1) is 0 Å². The van der Waals surface area contributed by atoms with Crippen LogP contribution in [-0.2, 0) is 6.42 Å². The molecule has 1 aliphatic rings. The number of aromatic nitrogens is 1. The van der Waals surface area contributed by atoms with Crippen molar-refractivity contribution in [3.05, 3.63) is 70.5 Å². The zero-order chi connectivity index (χ0) is 16.0. The molecule has 0 aliphatic carbocycles. The number of hydrogen-bond acceptors (Lipinski definition) is 2. The molecular formula is C18H12ClFN2O. The molecule has 0 saturated heterocycles. The standard InChI is InChI=1S/C18H12ClFN2O/c19-14-3-6-16-13(10-14)9-12-7-8-22(17(12)21-16)18(23)11-1-4-15(20)5-2-11/h1-6,9-10H,7-8H2. The molecule has 0 N–H and O–H groups in total. The normalized spacial score (nSPS) is 13.4. The number of rotatable bonds is 1. The summed E-state index contributed by atoms with van der Waals surface area (Å²) in [6.07, 6.45) is 0.748. The third-order valence-electron chi connectivity index (χ3n) is 4.03. The van der Waals surface area contributed by atoms with E-state index in [1.165, 1.54) is 24.3 Å². The van der Waals surface area contributed by atoms with Crippen molar-refractivity contribution < 1.29 is 9.18 Å². The van der Waals surface area contributed by atoms with Crippen LogP contribution >= 0.6 is 11.6 Å². The second-order valence-electron chi connectivity index (χ2n) is 5.52. The quantitative estimate of drug-likeness (QED) is 0.670. The van der Waals surface area contributed by atoms with Crippen LogP contribution in [0.25, 0.3) is 10.9 Å². The SMILES string of the molecule is O=C(c1ccc(F)cc1)N1CCc2cc3cc(Cl)ccc3nc21. The van der Waals surface area contributed by atoms with E-state index in [1.54, 1.807) is 11.0 Å². The number of fused-ring (bicyclic) bond motifs is 2. The van der Waals surface area contributed by atoms with Gasteiger partial charge in [-0.1, -0.05) is 11.6 Å². The number of anilines is 1. The number of benzene rings is 2. The van der Waals surface area contributed by atoms with Crippen molar-refractivity contribution >= 4 is 34.2 Å². The first-order valence-electron chi connectivity index (χ1n) is 7.28. The highest BCUT2D eigenvalue weighted by Gasteiger charge is 2.27. The molecular weight excluding hydrogens is 315 g/mol. The van der Waals surface area contributed by atoms with Crippen LogP contribution in [0.4, 0.5) is 10.2 Å². The van der Waals surface area contributed by atoms with Gasteiger partial charge in [0.25, 0.3) is 5.91 Å². The van der Waals surface area contributed by atoms with Gasteiger partial charge in [0, 0.05) is 22.5 Å². The lowest BCUT2D eigenvalue weighted by atomic mass is 10.1. The first-order chi connectivity index (χ1) is 11.1. The average Bonchev–Trinajstić information content (AvgIpc) is 2.95. The topological polar surface area (TPSA) is 33.2 Å². The van der Waals surface area contributed by atoms with Crippen LogP contribution in [0.5, 0.6) is 0 Å². The molecule has 0 bridgehead atoms. The monoisotopic (exact) mass is 326 g/mol. The highest BCUT2D eigenvalue weighted by molar-refractivity contribution is 6.31. The van der Waals surface area contributed by atoms with Crippen molar-refractivity contribution in [2.75, 3.05) is 11.4 Å². The van der Waals surface area contributed by atoms with Gasteiger partial charge in [0.05, 0.1) is 5.52 Å². The number of pyridine rings is 1. The fourth-order valence-electron chi connectivity index (χ4n) is 2.88. The molecule has 0 fully saturated rings. The molecule has 2 heterocycles. The Morgan fingerprint density at radius 3 is 2.70 bits per heavy atom. The van der Waals surface area contributed by atoms with E-state index in [0.29, 0.717) is 22.9 Å². The zero-order valence-corrected chi connectivity index (χ0v) is 12.8. The van der Waals surface area contributed by atoms with Crippen molar-refractivity contribution in [1.29, 1.82) is 0 Å². The first-order valence-corrected chi connectivity index (χ1v) is 7.66. The van der Waals surface area contributed by atoms with Gasteiger partial charge in [-0.2, -0.15) is 0 Å². The number of carbonyl (C=O) groups excluding carboxylic acids is 1. The van der Waals surface area contributed by atoms with E-state index < -0.39 is 0 Å². The molecule has 3 nitrogen and oxygen atoms in total. The molecule has 1 amide bonds. The Bertz CT molecular complexity index is 924. The molecule has 2 aromatic carbocycles. The molecule has 0 atom stereocenters. The first kappa shape index (κ1) is 14.2. The van der Waals surface area contributed by atoms with Crippen LogP contribution in [0.3, 0.4) is 0 Å². The molecule has 4 rings (SSSR count). The second-order valence-corrected chi connectivity index (χ2v) is 5.96. The molecule has 23 heavy (non-hydrogen) atoms. The molecule has 0 spiro atoms. The Balaban J connectivity index is 1.76. The fraction of sp³-hybridized carbons (Fsp3) is 0.111. The maximum atomic E-state index is 13.0. The van der Waals surface area contributed by atoms with Gasteiger partial charge < -0.3 is 0 Å². The summed E-state index contributed by atoms with van der Waals surface area (Å²) in [5.41, 5.74) is 2.28. The van der Waals surface area contributed by atoms with E-state index in [9.17, 15) is 9.18 Å². The molecule has 0 saturated carbocycles. The summed E-state index contributed by atoms with van der Waals surface area (Å²) in [6, 6.07) is 13.1. The number of hydrogen-bond donors (Lipinski definition) is 0. The van der Waals surface area contributed by atoms with E-state index in [4.69, 9.17) is 11.6 Å². The third kappa shape index (κ3) is 2.45. The summed E-state index contributed by atoms with van der Waals surface area (Å²) < 4.78 is 13.0. The number of carbonyl (C=O) groups is 1. The van der Waals surface area contributed by atoms with Gasteiger partial charge in [-0.05, 0) is 60.5 Å². The van der Waals surface area contributed by atoms with Crippen molar-refractivity contribution in [1.82, 2.24) is 4.98 Å². The summed E-state index contributed by atoms with van der Waals surface area (Å²) >= 11 is 6.02. The molecule has 3 aromatic rings. The van der Waals surface area contributed by atoms with E-state index in [0.717, 1.165) is 22.9 Å². The van der Waals surface area contributed by atoms with Crippen molar-refractivity contribution in [2.45, 2.75) is 6.42 Å². The second kappa shape index (κ2) is 5.32. The molecule has 1 aliphatic heterocycles. The predicted molar refractivity (Wildman–Crippen MR) is 88.5 cm³/mol. The van der Waals surface area contributed by atoms with Gasteiger partial charge in [0.1, 0.15) is 11.6 Å². The van der Waals surface area contributed by atoms with E-state index in [2.05, 4.69) is 4.98 Å². The number of amides is 1. The number of nitrogens with zero attached hydrogens (tertiary/aromatic N) is 2. The Morgan fingerprint density at radius 2 is 1.91 bits per heavy atom. The van der Waals surface area contributed by atoms with Crippen LogP contribution in [-0.4, -0.2) is 17.4 Å². The lowest BCUT2D eigenvalue weighted by Crippen LogP contribution is -2.29. The van der Waals surface area contributed by atoms with Crippen LogP contribution < -0.4 is 4.90 Å². The Kier molecular flexibility index (Phi) is 3.27. The molecule has 114 valence electrons. The minimum Gasteiger partial charge on any atom is -0.292 e. The van der Waals surface area contributed by atoms with Gasteiger partial charge in [-0.3, -0.25) is 9.69 Å². The van der Waals surface area contributed by atoms with Crippen LogP contribution in [0.15, 0.2) is 48.5 Å². The van der Waals surface area contributed by atoms with E-state index in [-0.39, 0.29) is 11.7 Å². The fourth-order valence-corrected chi connectivity index (χ4v) is 3.06. The van der Waals surface area contributed by atoms with Crippen molar-refractivity contribution in [3.63, 3.8) is 0 Å². The van der Waals surface area contributed by atoms with Crippen LogP contribution in [0.2, 0.25) is 5.02 Å². The maximum absolute atomic E-state index is 13.0. The molecule has 0 radical (unpaired) electrons. The van der Waals surface area contributed by atoms with E-state index >= 15 is 0 Å². The van der Waals surface area contributed by atoms with Gasteiger partial charge in [0.15, 0.2) is 0 Å². The summed E-state index contributed by atoms with van der Waals surface area (Å²) in [6.45, 7) is 0.572. The largest absolute Gasteiger partial charge is 0.292 e. The van der Waals surface area contributed by atoms with E-state index in [1.807, 2.05) is 18.2 Å². The lowest BCUT2D eigenvalue weighted by Gasteiger charge is -2.16. The minimum absolute atomic E-state index is 0.162. The van der Waals surface area contributed by atoms with Crippen molar-refractivity contribution in [3.8, 4) is 0 Å². The van der Waals surface area contributed by atoms with Crippen LogP contribution in [0.1, 0.15) is 15.9 Å². The smallest absolute Gasteiger partial charge is 0.259 e. The zero-order valence-electron chi connectivity index (χ0n) is 12.1.